The SMILES string of the molecule is CC(=O)N(CC=O)C(=O)/C=C/c1ccccc1. The van der Waals surface area contributed by atoms with Crippen molar-refractivity contribution in [1.82, 2.24) is 4.90 Å². The van der Waals surface area contributed by atoms with Gasteiger partial charge in [0.1, 0.15) is 6.29 Å². The fourth-order valence-electron chi connectivity index (χ4n) is 1.27. The van der Waals surface area contributed by atoms with Crippen LogP contribution in [0.25, 0.3) is 6.08 Å². The van der Waals surface area contributed by atoms with Crippen LogP contribution in [-0.2, 0) is 14.4 Å². The number of amides is 2. The summed E-state index contributed by atoms with van der Waals surface area (Å²) < 4.78 is 0. The zero-order valence-corrected chi connectivity index (χ0v) is 9.50. The highest BCUT2D eigenvalue weighted by Crippen LogP contribution is 2.02. The van der Waals surface area contributed by atoms with E-state index in [9.17, 15) is 14.4 Å². The molecule has 1 aromatic carbocycles. The van der Waals surface area contributed by atoms with Crippen LogP contribution in [0.15, 0.2) is 36.4 Å². The lowest BCUT2D eigenvalue weighted by Crippen LogP contribution is -2.35. The smallest absolute Gasteiger partial charge is 0.253 e. The van der Waals surface area contributed by atoms with Gasteiger partial charge in [0.2, 0.25) is 5.91 Å². The number of aldehydes is 1. The molecule has 0 saturated heterocycles. The molecule has 0 radical (unpaired) electrons. The van der Waals surface area contributed by atoms with Crippen LogP contribution in [0.1, 0.15) is 12.5 Å². The highest BCUT2D eigenvalue weighted by molar-refractivity contribution is 6.03. The third-order valence-electron chi connectivity index (χ3n) is 2.12. The summed E-state index contributed by atoms with van der Waals surface area (Å²) in [6.45, 7) is 1.03. The molecule has 88 valence electrons. The number of imide groups is 1. The van der Waals surface area contributed by atoms with Crippen molar-refractivity contribution in [1.29, 1.82) is 0 Å². The molecule has 0 saturated carbocycles. The molecule has 1 rings (SSSR count). The van der Waals surface area contributed by atoms with Crippen LogP contribution in [0.4, 0.5) is 0 Å². The first-order valence-electron chi connectivity index (χ1n) is 5.14. The molecule has 0 bridgehead atoms. The van der Waals surface area contributed by atoms with Crippen molar-refractivity contribution >= 4 is 24.2 Å². The predicted molar refractivity (Wildman–Crippen MR) is 63.9 cm³/mol. The van der Waals surface area contributed by atoms with E-state index in [4.69, 9.17) is 0 Å². The monoisotopic (exact) mass is 231 g/mol. The number of hydrogen-bond acceptors (Lipinski definition) is 3. The minimum Gasteiger partial charge on any atom is -0.301 e. The van der Waals surface area contributed by atoms with Gasteiger partial charge in [-0.3, -0.25) is 14.5 Å². The highest BCUT2D eigenvalue weighted by atomic mass is 16.2. The summed E-state index contributed by atoms with van der Waals surface area (Å²) in [6.07, 6.45) is 3.40. The topological polar surface area (TPSA) is 54.5 Å². The third kappa shape index (κ3) is 4.03. The number of carbonyl (C=O) groups excluding carboxylic acids is 3. The van der Waals surface area contributed by atoms with Crippen molar-refractivity contribution in [3.63, 3.8) is 0 Å². The maximum atomic E-state index is 11.6. The van der Waals surface area contributed by atoms with Crippen molar-refractivity contribution < 1.29 is 14.4 Å². The van der Waals surface area contributed by atoms with Crippen molar-refractivity contribution in [2.45, 2.75) is 6.92 Å². The van der Waals surface area contributed by atoms with Crippen molar-refractivity contribution in [2.75, 3.05) is 6.54 Å². The summed E-state index contributed by atoms with van der Waals surface area (Å²) in [6, 6.07) is 9.23. The second-order valence-corrected chi connectivity index (χ2v) is 3.38. The summed E-state index contributed by atoms with van der Waals surface area (Å²) in [5.41, 5.74) is 0.857. The first-order chi connectivity index (χ1) is 8.15. The van der Waals surface area contributed by atoms with Gasteiger partial charge in [-0.05, 0) is 11.6 Å². The Balaban J connectivity index is 2.73. The van der Waals surface area contributed by atoms with Gasteiger partial charge in [0, 0.05) is 13.0 Å². The van der Waals surface area contributed by atoms with Gasteiger partial charge in [-0.15, -0.1) is 0 Å². The lowest BCUT2D eigenvalue weighted by Gasteiger charge is -2.13. The summed E-state index contributed by atoms with van der Waals surface area (Å²) in [4.78, 5) is 33.9. The maximum absolute atomic E-state index is 11.6. The number of carbonyl (C=O) groups is 3. The van der Waals surface area contributed by atoms with Crippen LogP contribution in [0, 0.1) is 0 Å². The molecule has 4 heteroatoms. The quantitative estimate of drug-likeness (QED) is 0.579. The van der Waals surface area contributed by atoms with Gasteiger partial charge < -0.3 is 4.79 Å². The Hall–Kier alpha value is -2.23. The van der Waals surface area contributed by atoms with Gasteiger partial charge in [0.15, 0.2) is 0 Å². The molecule has 0 aliphatic heterocycles. The Morgan fingerprint density at radius 1 is 1.24 bits per heavy atom. The van der Waals surface area contributed by atoms with E-state index >= 15 is 0 Å². The molecule has 0 aliphatic rings. The number of hydrogen-bond donors (Lipinski definition) is 0. The normalized spacial score (nSPS) is 10.2. The van der Waals surface area contributed by atoms with Crippen molar-refractivity contribution in [2.24, 2.45) is 0 Å². The van der Waals surface area contributed by atoms with E-state index in [-0.39, 0.29) is 6.54 Å². The lowest BCUT2D eigenvalue weighted by atomic mass is 10.2. The molecule has 0 spiro atoms. The summed E-state index contributed by atoms with van der Waals surface area (Å²) in [5.74, 6) is -0.937. The molecule has 0 atom stereocenters. The Labute approximate surface area is 99.5 Å². The van der Waals surface area contributed by atoms with E-state index in [1.807, 2.05) is 30.3 Å². The van der Waals surface area contributed by atoms with Gasteiger partial charge in [0.05, 0.1) is 6.54 Å². The van der Waals surface area contributed by atoms with E-state index < -0.39 is 11.8 Å². The van der Waals surface area contributed by atoms with Gasteiger partial charge >= 0.3 is 0 Å². The van der Waals surface area contributed by atoms with Crippen LogP contribution in [-0.4, -0.2) is 29.5 Å². The molecule has 2 amide bonds. The van der Waals surface area contributed by atoms with Crippen LogP contribution < -0.4 is 0 Å². The van der Waals surface area contributed by atoms with Crippen molar-refractivity contribution in [3.8, 4) is 0 Å². The van der Waals surface area contributed by atoms with E-state index in [0.29, 0.717) is 6.29 Å². The number of nitrogens with zero attached hydrogens (tertiary/aromatic N) is 1. The van der Waals surface area contributed by atoms with E-state index in [0.717, 1.165) is 10.5 Å². The van der Waals surface area contributed by atoms with Crippen molar-refractivity contribution in [3.05, 3.63) is 42.0 Å². The van der Waals surface area contributed by atoms with Crippen LogP contribution in [0.2, 0.25) is 0 Å². The van der Waals surface area contributed by atoms with Gasteiger partial charge in [-0.2, -0.15) is 0 Å². The molecule has 0 fully saturated rings. The molecule has 0 unspecified atom stereocenters. The first-order valence-corrected chi connectivity index (χ1v) is 5.14. The van der Waals surface area contributed by atoms with Gasteiger partial charge in [-0.1, -0.05) is 30.3 Å². The minimum atomic E-state index is -0.492. The third-order valence-corrected chi connectivity index (χ3v) is 2.12. The lowest BCUT2D eigenvalue weighted by molar-refractivity contribution is -0.141. The molecule has 0 aliphatic carbocycles. The number of rotatable bonds is 4. The maximum Gasteiger partial charge on any atom is 0.253 e. The average Bonchev–Trinajstić information content (AvgIpc) is 2.34. The Kier molecular flexibility index (Phi) is 4.81. The fraction of sp³-hybridized carbons (Fsp3) is 0.154. The molecule has 0 N–H and O–H groups in total. The molecule has 17 heavy (non-hydrogen) atoms. The summed E-state index contributed by atoms with van der Waals surface area (Å²) in [7, 11) is 0. The van der Waals surface area contributed by atoms with Crippen LogP contribution >= 0.6 is 0 Å². The summed E-state index contributed by atoms with van der Waals surface area (Å²) >= 11 is 0. The second kappa shape index (κ2) is 6.37. The standard InChI is InChI=1S/C13H13NO3/c1-11(16)14(9-10-15)13(17)8-7-12-5-3-2-4-6-12/h2-8,10H,9H2,1H3/b8-7+. The second-order valence-electron chi connectivity index (χ2n) is 3.38. The average molecular weight is 231 g/mol. The fourth-order valence-corrected chi connectivity index (χ4v) is 1.27. The van der Waals surface area contributed by atoms with E-state index in [1.54, 1.807) is 6.08 Å². The summed E-state index contributed by atoms with van der Waals surface area (Å²) in [5, 5.41) is 0. The first kappa shape index (κ1) is 12.8. The highest BCUT2D eigenvalue weighted by Gasteiger charge is 2.13. The minimum absolute atomic E-state index is 0.215. The van der Waals surface area contributed by atoms with E-state index in [1.165, 1.54) is 13.0 Å². The molecule has 0 heterocycles. The molecule has 4 nitrogen and oxygen atoms in total. The zero-order valence-electron chi connectivity index (χ0n) is 9.50. The molecule has 1 aromatic rings. The largest absolute Gasteiger partial charge is 0.301 e. The van der Waals surface area contributed by atoms with E-state index in [2.05, 4.69) is 0 Å². The van der Waals surface area contributed by atoms with Gasteiger partial charge in [0.25, 0.3) is 5.91 Å². The number of benzene rings is 1. The van der Waals surface area contributed by atoms with Crippen LogP contribution in [0.3, 0.4) is 0 Å². The van der Waals surface area contributed by atoms with Crippen LogP contribution in [0.5, 0.6) is 0 Å². The Bertz CT molecular complexity index is 437. The molecule has 0 aromatic heterocycles. The predicted octanol–water partition coefficient (Wildman–Crippen LogP) is 1.27. The van der Waals surface area contributed by atoms with Gasteiger partial charge in [-0.25, -0.2) is 0 Å². The Morgan fingerprint density at radius 2 is 1.88 bits per heavy atom. The Morgan fingerprint density at radius 3 is 2.41 bits per heavy atom. The molecular formula is C13H13NO3. The zero-order chi connectivity index (χ0) is 12.7. The molecular weight excluding hydrogens is 218 g/mol.